The van der Waals surface area contributed by atoms with Gasteiger partial charge in [-0.1, -0.05) is 37.0 Å². The molecular formula is C12H12BrCl2NO. The van der Waals surface area contributed by atoms with Crippen molar-refractivity contribution in [3.05, 3.63) is 31.9 Å². The van der Waals surface area contributed by atoms with E-state index < -0.39 is 0 Å². The summed E-state index contributed by atoms with van der Waals surface area (Å²) >= 11 is 15.9. The van der Waals surface area contributed by atoms with Crippen molar-refractivity contribution in [1.82, 2.24) is 0 Å². The van der Waals surface area contributed by atoms with Crippen molar-refractivity contribution in [2.24, 2.45) is 5.73 Å². The third-order valence-electron chi connectivity index (χ3n) is 2.68. The predicted octanol–water partition coefficient (Wildman–Crippen LogP) is 5.08. The minimum atomic E-state index is 0.276. The molecule has 1 aromatic carbocycles. The van der Waals surface area contributed by atoms with Crippen LogP contribution in [0.4, 0.5) is 0 Å². The Balaban J connectivity index is 2.94. The van der Waals surface area contributed by atoms with Crippen LogP contribution in [-0.2, 0) is 6.54 Å². The molecule has 0 aliphatic rings. The highest BCUT2D eigenvalue weighted by molar-refractivity contribution is 9.10. The van der Waals surface area contributed by atoms with Crippen LogP contribution in [0.25, 0.3) is 11.0 Å². The highest BCUT2D eigenvalue weighted by Gasteiger charge is 2.21. The quantitative estimate of drug-likeness (QED) is 0.776. The fourth-order valence-electron chi connectivity index (χ4n) is 2.00. The molecule has 1 aromatic heterocycles. The lowest BCUT2D eigenvalue weighted by Crippen LogP contribution is -1.99. The Bertz CT molecular complexity index is 578. The number of hydrogen-bond acceptors (Lipinski definition) is 2. The van der Waals surface area contributed by atoms with Crippen molar-refractivity contribution in [3.8, 4) is 0 Å². The number of furan rings is 1. The Labute approximate surface area is 118 Å². The number of nitrogens with two attached hydrogens (primary N) is 1. The highest BCUT2D eigenvalue weighted by Crippen LogP contribution is 2.43. The highest BCUT2D eigenvalue weighted by atomic mass is 79.9. The van der Waals surface area contributed by atoms with E-state index in [0.717, 1.165) is 21.2 Å². The average Bonchev–Trinajstić information content (AvgIpc) is 2.65. The molecule has 2 aromatic rings. The first kappa shape index (κ1) is 13.2. The zero-order valence-electron chi connectivity index (χ0n) is 9.48. The van der Waals surface area contributed by atoms with Crippen LogP contribution >= 0.6 is 39.1 Å². The summed E-state index contributed by atoms with van der Waals surface area (Å²) in [5.41, 5.74) is 7.35. The average molecular weight is 337 g/mol. The first-order valence-electron chi connectivity index (χ1n) is 5.26. The van der Waals surface area contributed by atoms with Crippen LogP contribution in [0.1, 0.15) is 31.1 Å². The van der Waals surface area contributed by atoms with E-state index in [4.69, 9.17) is 33.4 Å². The van der Waals surface area contributed by atoms with Gasteiger partial charge in [0.1, 0.15) is 5.76 Å². The predicted molar refractivity (Wildman–Crippen MR) is 75.9 cm³/mol. The fourth-order valence-corrected chi connectivity index (χ4v) is 3.04. The van der Waals surface area contributed by atoms with E-state index in [1.807, 2.05) is 0 Å². The van der Waals surface area contributed by atoms with Crippen LogP contribution in [0.15, 0.2) is 15.0 Å². The minimum absolute atomic E-state index is 0.276. The first-order chi connectivity index (χ1) is 7.97. The van der Waals surface area contributed by atoms with Crippen molar-refractivity contribution in [2.75, 3.05) is 0 Å². The van der Waals surface area contributed by atoms with Gasteiger partial charge in [0.2, 0.25) is 0 Å². The second kappa shape index (κ2) is 4.81. The van der Waals surface area contributed by atoms with E-state index in [2.05, 4.69) is 29.8 Å². The Morgan fingerprint density at radius 2 is 2.06 bits per heavy atom. The maximum atomic E-state index is 6.31. The van der Waals surface area contributed by atoms with Gasteiger partial charge in [-0.25, -0.2) is 0 Å². The lowest BCUT2D eigenvalue weighted by atomic mass is 9.99. The van der Waals surface area contributed by atoms with Crippen LogP contribution < -0.4 is 5.73 Å². The van der Waals surface area contributed by atoms with Crippen molar-refractivity contribution in [3.63, 3.8) is 0 Å². The van der Waals surface area contributed by atoms with Crippen LogP contribution in [0, 0.1) is 0 Å². The first-order valence-corrected chi connectivity index (χ1v) is 6.81. The van der Waals surface area contributed by atoms with Crippen molar-refractivity contribution in [2.45, 2.75) is 26.3 Å². The zero-order valence-corrected chi connectivity index (χ0v) is 12.6. The standard InChI is InChI=1S/C12H12BrCl2NO/c1-5(2)9-8(4-16)17-12-7(14)3-6(13)11(15)10(9)12/h3,5H,4,16H2,1-2H3. The molecule has 0 saturated heterocycles. The number of rotatable bonds is 2. The van der Waals surface area contributed by atoms with Gasteiger partial charge in [-0.3, -0.25) is 0 Å². The number of halogens is 3. The molecule has 0 aliphatic heterocycles. The Morgan fingerprint density at radius 3 is 2.59 bits per heavy atom. The van der Waals surface area contributed by atoms with Gasteiger partial charge in [0.25, 0.3) is 0 Å². The van der Waals surface area contributed by atoms with Crippen molar-refractivity contribution < 1.29 is 4.42 Å². The summed E-state index contributed by atoms with van der Waals surface area (Å²) in [6.45, 7) is 4.50. The molecule has 2 nitrogen and oxygen atoms in total. The van der Waals surface area contributed by atoms with Gasteiger partial charge in [-0.05, 0) is 27.9 Å². The minimum Gasteiger partial charge on any atom is -0.458 e. The smallest absolute Gasteiger partial charge is 0.154 e. The number of hydrogen-bond donors (Lipinski definition) is 1. The van der Waals surface area contributed by atoms with Crippen LogP contribution in [0.2, 0.25) is 10.0 Å². The van der Waals surface area contributed by atoms with E-state index in [9.17, 15) is 0 Å². The van der Waals surface area contributed by atoms with E-state index in [1.165, 1.54) is 0 Å². The van der Waals surface area contributed by atoms with Gasteiger partial charge >= 0.3 is 0 Å². The van der Waals surface area contributed by atoms with Crippen LogP contribution in [-0.4, -0.2) is 0 Å². The molecule has 0 atom stereocenters. The summed E-state index contributed by atoms with van der Waals surface area (Å²) in [6.07, 6.45) is 0. The summed E-state index contributed by atoms with van der Waals surface area (Å²) in [6, 6.07) is 1.74. The molecule has 0 radical (unpaired) electrons. The molecule has 2 rings (SSSR count). The molecule has 0 spiro atoms. The molecule has 1 heterocycles. The van der Waals surface area contributed by atoms with Crippen LogP contribution in [0.5, 0.6) is 0 Å². The Hall–Kier alpha value is -0.220. The second-order valence-corrected chi connectivity index (χ2v) is 5.80. The Kier molecular flexibility index (Phi) is 3.74. The third kappa shape index (κ3) is 2.10. The van der Waals surface area contributed by atoms with E-state index in [1.54, 1.807) is 6.07 Å². The van der Waals surface area contributed by atoms with Crippen molar-refractivity contribution >= 4 is 50.1 Å². The van der Waals surface area contributed by atoms with Crippen LogP contribution in [0.3, 0.4) is 0 Å². The van der Waals surface area contributed by atoms with Gasteiger partial charge in [0.15, 0.2) is 5.58 Å². The van der Waals surface area contributed by atoms with Gasteiger partial charge < -0.3 is 10.2 Å². The van der Waals surface area contributed by atoms with Gasteiger partial charge in [0.05, 0.1) is 16.6 Å². The monoisotopic (exact) mass is 335 g/mol. The van der Waals surface area contributed by atoms with Gasteiger partial charge in [0, 0.05) is 15.4 Å². The second-order valence-electron chi connectivity index (χ2n) is 4.16. The summed E-state index contributed by atoms with van der Waals surface area (Å²) < 4.78 is 6.48. The maximum absolute atomic E-state index is 6.31. The fraction of sp³-hybridized carbons (Fsp3) is 0.333. The molecule has 0 bridgehead atoms. The van der Waals surface area contributed by atoms with Crippen molar-refractivity contribution in [1.29, 1.82) is 0 Å². The number of fused-ring (bicyclic) bond motifs is 1. The third-order valence-corrected chi connectivity index (χ3v) is 4.21. The number of benzene rings is 1. The van der Waals surface area contributed by atoms with Gasteiger partial charge in [-0.2, -0.15) is 0 Å². The Morgan fingerprint density at radius 1 is 1.41 bits per heavy atom. The maximum Gasteiger partial charge on any atom is 0.154 e. The summed E-state index contributed by atoms with van der Waals surface area (Å²) in [5.74, 6) is 1.02. The summed E-state index contributed by atoms with van der Waals surface area (Å²) in [5, 5.41) is 2.02. The van der Waals surface area contributed by atoms with E-state index >= 15 is 0 Å². The molecule has 0 aliphatic carbocycles. The zero-order chi connectivity index (χ0) is 12.7. The largest absolute Gasteiger partial charge is 0.458 e. The molecule has 0 unspecified atom stereocenters. The molecule has 0 amide bonds. The molecule has 17 heavy (non-hydrogen) atoms. The topological polar surface area (TPSA) is 39.2 Å². The van der Waals surface area contributed by atoms with E-state index in [0.29, 0.717) is 22.2 Å². The SMILES string of the molecule is CC(C)c1c(CN)oc2c(Cl)cc(Br)c(Cl)c12. The normalized spacial score (nSPS) is 11.7. The molecule has 92 valence electrons. The molecular weight excluding hydrogens is 325 g/mol. The summed E-state index contributed by atoms with van der Waals surface area (Å²) in [7, 11) is 0. The molecule has 0 fully saturated rings. The molecule has 5 heteroatoms. The molecule has 0 saturated carbocycles. The lowest BCUT2D eigenvalue weighted by molar-refractivity contribution is 0.541. The lowest BCUT2D eigenvalue weighted by Gasteiger charge is -2.06. The van der Waals surface area contributed by atoms with Gasteiger partial charge in [-0.15, -0.1) is 0 Å². The van der Waals surface area contributed by atoms with E-state index in [-0.39, 0.29) is 5.92 Å². The molecule has 2 N–H and O–H groups in total. The summed E-state index contributed by atoms with van der Waals surface area (Å²) in [4.78, 5) is 0.